The molecule has 4 heteroatoms. The van der Waals surface area contributed by atoms with Crippen molar-refractivity contribution in [1.82, 2.24) is 5.32 Å². The van der Waals surface area contributed by atoms with Crippen LogP contribution >= 0.6 is 12.4 Å². The van der Waals surface area contributed by atoms with Gasteiger partial charge in [-0.2, -0.15) is 0 Å². The number of anilines is 1. The number of amides is 1. The highest BCUT2D eigenvalue weighted by molar-refractivity contribution is 5.91. The van der Waals surface area contributed by atoms with Crippen LogP contribution in [-0.2, 0) is 11.2 Å². The van der Waals surface area contributed by atoms with Gasteiger partial charge in [0.25, 0.3) is 0 Å². The third-order valence-corrected chi connectivity index (χ3v) is 5.57. The first-order valence-electron chi connectivity index (χ1n) is 9.44. The van der Waals surface area contributed by atoms with E-state index in [1.165, 1.54) is 24.0 Å². The average Bonchev–Trinajstić information content (AvgIpc) is 2.96. The van der Waals surface area contributed by atoms with Crippen LogP contribution in [0.2, 0.25) is 0 Å². The van der Waals surface area contributed by atoms with E-state index >= 15 is 0 Å². The van der Waals surface area contributed by atoms with E-state index < -0.39 is 0 Å². The molecule has 2 aromatic carbocycles. The number of benzene rings is 2. The molecule has 26 heavy (non-hydrogen) atoms. The molecule has 4 rings (SSSR count). The summed E-state index contributed by atoms with van der Waals surface area (Å²) in [4.78, 5) is 12.6. The molecule has 0 spiro atoms. The van der Waals surface area contributed by atoms with Crippen molar-refractivity contribution in [2.75, 3.05) is 5.32 Å². The Labute approximate surface area is 162 Å². The van der Waals surface area contributed by atoms with Gasteiger partial charge >= 0.3 is 0 Å². The Balaban J connectivity index is 0.00000196. The summed E-state index contributed by atoms with van der Waals surface area (Å²) in [6.07, 6.45) is 6.35. The number of halogens is 1. The Kier molecular flexibility index (Phi) is 6.33. The van der Waals surface area contributed by atoms with Crippen LogP contribution in [0.25, 0.3) is 0 Å². The van der Waals surface area contributed by atoms with Crippen molar-refractivity contribution < 1.29 is 4.79 Å². The van der Waals surface area contributed by atoms with Crippen molar-refractivity contribution in [3.8, 4) is 0 Å². The van der Waals surface area contributed by atoms with Crippen LogP contribution in [0.15, 0.2) is 54.6 Å². The van der Waals surface area contributed by atoms with Crippen molar-refractivity contribution in [3.05, 3.63) is 65.7 Å². The number of fused-ring (bicyclic) bond motifs is 2. The van der Waals surface area contributed by atoms with E-state index in [4.69, 9.17) is 0 Å². The topological polar surface area (TPSA) is 41.1 Å². The van der Waals surface area contributed by atoms with E-state index in [1.807, 2.05) is 24.3 Å². The lowest BCUT2D eigenvalue weighted by Gasteiger charge is -2.28. The van der Waals surface area contributed by atoms with Crippen molar-refractivity contribution in [2.24, 2.45) is 5.92 Å². The lowest BCUT2D eigenvalue weighted by molar-refractivity contribution is -0.117. The second-order valence-electron chi connectivity index (χ2n) is 7.55. The van der Waals surface area contributed by atoms with Gasteiger partial charge in [0.15, 0.2) is 0 Å². The number of piperidine rings is 1. The molecule has 0 aromatic heterocycles. The summed E-state index contributed by atoms with van der Waals surface area (Å²) in [6.45, 7) is 0. The van der Waals surface area contributed by atoms with Gasteiger partial charge < -0.3 is 10.6 Å². The zero-order chi connectivity index (χ0) is 17.1. The minimum Gasteiger partial charge on any atom is -0.326 e. The lowest BCUT2D eigenvalue weighted by atomic mass is 9.89. The van der Waals surface area contributed by atoms with Crippen molar-refractivity contribution in [2.45, 2.75) is 50.6 Å². The maximum absolute atomic E-state index is 12.6. The predicted molar refractivity (Wildman–Crippen MR) is 109 cm³/mol. The number of hydrogen-bond acceptors (Lipinski definition) is 2. The van der Waals surface area contributed by atoms with Crippen LogP contribution in [0, 0.1) is 5.92 Å². The van der Waals surface area contributed by atoms with Crippen molar-refractivity contribution in [1.29, 1.82) is 0 Å². The fourth-order valence-corrected chi connectivity index (χ4v) is 4.42. The van der Waals surface area contributed by atoms with Gasteiger partial charge in [-0.15, -0.1) is 12.4 Å². The Morgan fingerprint density at radius 2 is 1.62 bits per heavy atom. The summed E-state index contributed by atoms with van der Waals surface area (Å²) in [5, 5.41) is 6.82. The van der Waals surface area contributed by atoms with Gasteiger partial charge in [-0.3, -0.25) is 4.79 Å². The Morgan fingerprint density at radius 1 is 0.962 bits per heavy atom. The fraction of sp³-hybridized carbons (Fsp3) is 0.409. The van der Waals surface area contributed by atoms with Crippen LogP contribution < -0.4 is 10.6 Å². The molecule has 3 nitrogen and oxygen atoms in total. The van der Waals surface area contributed by atoms with Gasteiger partial charge in [-0.05, 0) is 55.2 Å². The van der Waals surface area contributed by atoms with Crippen LogP contribution in [-0.4, -0.2) is 18.0 Å². The smallest absolute Gasteiger partial charge is 0.224 e. The number of carbonyl (C=O) groups is 1. The van der Waals surface area contributed by atoms with Gasteiger partial charge in [0.05, 0.1) is 0 Å². The molecule has 2 saturated heterocycles. The van der Waals surface area contributed by atoms with Crippen molar-refractivity contribution >= 4 is 24.0 Å². The van der Waals surface area contributed by atoms with Gasteiger partial charge in [0.1, 0.15) is 0 Å². The molecule has 2 bridgehead atoms. The van der Waals surface area contributed by atoms with Crippen LogP contribution in [0.5, 0.6) is 0 Å². The molecule has 1 amide bonds. The molecule has 2 aromatic rings. The Bertz CT molecular complexity index is 722. The Hall–Kier alpha value is -1.84. The molecule has 2 atom stereocenters. The minimum absolute atomic E-state index is 0. The zero-order valence-electron chi connectivity index (χ0n) is 15.0. The van der Waals surface area contributed by atoms with Crippen LogP contribution in [0.3, 0.4) is 0 Å². The highest BCUT2D eigenvalue weighted by Gasteiger charge is 2.34. The third-order valence-electron chi connectivity index (χ3n) is 5.57. The quantitative estimate of drug-likeness (QED) is 0.810. The monoisotopic (exact) mass is 370 g/mol. The Morgan fingerprint density at radius 3 is 2.35 bits per heavy atom. The molecule has 0 saturated carbocycles. The van der Waals surface area contributed by atoms with E-state index in [-0.39, 0.29) is 18.3 Å². The van der Waals surface area contributed by atoms with Gasteiger partial charge in [0, 0.05) is 24.2 Å². The number of hydrogen-bond donors (Lipinski definition) is 2. The first kappa shape index (κ1) is 18.9. The van der Waals surface area contributed by atoms with Gasteiger partial charge in [-0.25, -0.2) is 0 Å². The summed E-state index contributed by atoms with van der Waals surface area (Å²) < 4.78 is 0. The standard InChI is InChI=1S/C22H26N2O.ClH/c25-22(15-17-13-19-10-11-20(14-17)23-19)24-21-9-5-4-8-18(21)12-16-6-2-1-3-7-16;/h1-9,17,19-20,23H,10-15H2,(H,24,25);1H. The maximum Gasteiger partial charge on any atom is 0.224 e. The summed E-state index contributed by atoms with van der Waals surface area (Å²) in [6, 6.07) is 19.8. The molecule has 0 aliphatic carbocycles. The maximum atomic E-state index is 12.6. The molecule has 2 fully saturated rings. The second kappa shape index (κ2) is 8.70. The molecular weight excluding hydrogens is 344 g/mol. The van der Waals surface area contributed by atoms with Crippen LogP contribution in [0.1, 0.15) is 43.2 Å². The molecule has 2 aliphatic heterocycles. The number of nitrogens with one attached hydrogen (secondary N) is 2. The molecule has 138 valence electrons. The van der Waals surface area contributed by atoms with E-state index in [2.05, 4.69) is 41.0 Å². The molecule has 2 aliphatic rings. The predicted octanol–water partition coefficient (Wildman–Crippen LogP) is 4.56. The fourth-order valence-electron chi connectivity index (χ4n) is 4.42. The number of carbonyl (C=O) groups excluding carboxylic acids is 1. The molecule has 2 unspecified atom stereocenters. The number of rotatable bonds is 5. The first-order valence-corrected chi connectivity index (χ1v) is 9.44. The largest absolute Gasteiger partial charge is 0.326 e. The molecule has 2 heterocycles. The molecular formula is C22H27ClN2O. The van der Waals surface area contributed by atoms with E-state index in [0.29, 0.717) is 24.4 Å². The van der Waals surface area contributed by atoms with E-state index in [9.17, 15) is 4.79 Å². The highest BCUT2D eigenvalue weighted by Crippen LogP contribution is 2.33. The summed E-state index contributed by atoms with van der Waals surface area (Å²) in [5.41, 5.74) is 3.39. The summed E-state index contributed by atoms with van der Waals surface area (Å²) in [7, 11) is 0. The van der Waals surface area contributed by atoms with E-state index in [0.717, 1.165) is 24.9 Å². The highest BCUT2D eigenvalue weighted by atomic mass is 35.5. The van der Waals surface area contributed by atoms with Crippen LogP contribution in [0.4, 0.5) is 5.69 Å². The van der Waals surface area contributed by atoms with Gasteiger partial charge in [-0.1, -0.05) is 48.5 Å². The molecule has 2 N–H and O–H groups in total. The third kappa shape index (κ3) is 4.66. The normalized spacial score (nSPS) is 23.9. The van der Waals surface area contributed by atoms with E-state index in [1.54, 1.807) is 0 Å². The van der Waals surface area contributed by atoms with Gasteiger partial charge in [0.2, 0.25) is 5.91 Å². The zero-order valence-corrected chi connectivity index (χ0v) is 15.8. The number of para-hydroxylation sites is 1. The van der Waals surface area contributed by atoms with Crippen molar-refractivity contribution in [3.63, 3.8) is 0 Å². The summed E-state index contributed by atoms with van der Waals surface area (Å²) in [5.74, 6) is 0.687. The minimum atomic E-state index is 0. The lowest BCUT2D eigenvalue weighted by Crippen LogP contribution is -2.39. The summed E-state index contributed by atoms with van der Waals surface area (Å²) >= 11 is 0. The second-order valence-corrected chi connectivity index (χ2v) is 7.55. The first-order chi connectivity index (χ1) is 12.3. The SMILES string of the molecule is Cl.O=C(CC1CC2CCC(C1)N2)Nc1ccccc1Cc1ccccc1. The average molecular weight is 371 g/mol. The molecule has 0 radical (unpaired) electrons.